The fraction of sp³-hybridized carbons (Fsp3) is 0.400. The van der Waals surface area contributed by atoms with E-state index in [9.17, 15) is 18.0 Å². The summed E-state index contributed by atoms with van der Waals surface area (Å²) in [5, 5.41) is 0. The molecule has 21 heavy (non-hydrogen) atoms. The van der Waals surface area contributed by atoms with Gasteiger partial charge in [0.25, 0.3) is 5.91 Å². The third kappa shape index (κ3) is 3.85. The Morgan fingerprint density at radius 3 is 2.62 bits per heavy atom. The molecule has 1 aromatic carbocycles. The Bertz CT molecular complexity index is 511. The molecule has 6 heteroatoms. The van der Waals surface area contributed by atoms with E-state index in [-0.39, 0.29) is 13.2 Å². The first-order valence-electron chi connectivity index (χ1n) is 6.59. The van der Waals surface area contributed by atoms with Gasteiger partial charge in [0.2, 0.25) is 0 Å². The maximum absolute atomic E-state index is 12.6. The van der Waals surface area contributed by atoms with Crippen molar-refractivity contribution in [1.82, 2.24) is 4.90 Å². The van der Waals surface area contributed by atoms with Crippen LogP contribution in [0, 0.1) is 0 Å². The predicted molar refractivity (Wildman–Crippen MR) is 72.0 cm³/mol. The first-order chi connectivity index (χ1) is 9.91. The lowest BCUT2D eigenvalue weighted by Crippen LogP contribution is -2.51. The highest BCUT2D eigenvalue weighted by molar-refractivity contribution is 5.94. The summed E-state index contributed by atoms with van der Waals surface area (Å²) in [6, 6.07) is 6.80. The van der Waals surface area contributed by atoms with Crippen molar-refractivity contribution in [3.8, 4) is 0 Å². The van der Waals surface area contributed by atoms with Crippen molar-refractivity contribution in [2.75, 3.05) is 19.7 Å². The number of benzene rings is 1. The van der Waals surface area contributed by atoms with Crippen LogP contribution in [0.3, 0.4) is 0 Å². The van der Waals surface area contributed by atoms with Gasteiger partial charge in [-0.25, -0.2) is 0 Å². The first kappa shape index (κ1) is 15.6. The molecule has 0 spiro atoms. The average Bonchev–Trinajstić information content (AvgIpc) is 2.47. The van der Waals surface area contributed by atoms with Crippen molar-refractivity contribution >= 4 is 5.91 Å². The van der Waals surface area contributed by atoms with Crippen LogP contribution in [0.15, 0.2) is 36.9 Å². The minimum Gasteiger partial charge on any atom is -0.365 e. The summed E-state index contributed by atoms with van der Waals surface area (Å²) in [6.45, 7) is 3.22. The zero-order chi connectivity index (χ0) is 15.5. The van der Waals surface area contributed by atoms with Crippen LogP contribution in [-0.2, 0) is 11.2 Å². The third-order valence-electron chi connectivity index (χ3n) is 3.30. The molecule has 2 rings (SSSR count). The van der Waals surface area contributed by atoms with Crippen LogP contribution >= 0.6 is 0 Å². The van der Waals surface area contributed by atoms with Crippen molar-refractivity contribution < 1.29 is 22.7 Å². The lowest BCUT2D eigenvalue weighted by molar-refractivity contribution is -0.233. The molecule has 0 N–H and O–H groups in total. The standard InChI is InChI=1S/C15H16F3NO2/c1-2-3-11-4-6-12(7-5-11)14(20)19-8-9-21-13(10-19)15(16,17)18/h2,4-7,13H,1,3,8-10H2/t13-/m1/s1. The van der Waals surface area contributed by atoms with Gasteiger partial charge in [-0.15, -0.1) is 6.58 Å². The van der Waals surface area contributed by atoms with E-state index < -0.39 is 24.7 Å². The predicted octanol–water partition coefficient (Wildman–Crippen LogP) is 2.82. The van der Waals surface area contributed by atoms with Gasteiger partial charge in [0, 0.05) is 12.1 Å². The maximum atomic E-state index is 12.6. The summed E-state index contributed by atoms with van der Waals surface area (Å²) < 4.78 is 42.6. The normalized spacial score (nSPS) is 19.4. The summed E-state index contributed by atoms with van der Waals surface area (Å²) in [5.41, 5.74) is 1.38. The number of ether oxygens (including phenoxy) is 1. The number of morpholine rings is 1. The third-order valence-corrected chi connectivity index (χ3v) is 3.30. The molecule has 1 atom stereocenters. The molecule has 0 radical (unpaired) electrons. The summed E-state index contributed by atoms with van der Waals surface area (Å²) in [5.74, 6) is -0.405. The van der Waals surface area contributed by atoms with E-state index >= 15 is 0 Å². The van der Waals surface area contributed by atoms with Crippen molar-refractivity contribution in [2.24, 2.45) is 0 Å². The number of rotatable bonds is 3. The Kier molecular flexibility index (Phi) is 4.67. The van der Waals surface area contributed by atoms with Crippen LogP contribution in [0.25, 0.3) is 0 Å². The molecule has 1 aliphatic heterocycles. The van der Waals surface area contributed by atoms with E-state index in [1.165, 1.54) is 4.90 Å². The fourth-order valence-corrected chi connectivity index (χ4v) is 2.16. The van der Waals surface area contributed by atoms with Crippen molar-refractivity contribution in [2.45, 2.75) is 18.7 Å². The molecule has 1 aromatic rings. The van der Waals surface area contributed by atoms with E-state index in [2.05, 4.69) is 11.3 Å². The van der Waals surface area contributed by atoms with E-state index in [0.29, 0.717) is 12.0 Å². The number of hydrogen-bond donors (Lipinski definition) is 0. The van der Waals surface area contributed by atoms with E-state index in [0.717, 1.165) is 5.56 Å². The number of hydrogen-bond acceptors (Lipinski definition) is 2. The molecule has 0 unspecified atom stereocenters. The summed E-state index contributed by atoms with van der Waals surface area (Å²) in [7, 11) is 0. The van der Waals surface area contributed by atoms with Crippen LogP contribution < -0.4 is 0 Å². The minimum atomic E-state index is -4.45. The van der Waals surface area contributed by atoms with Crippen LogP contribution in [-0.4, -0.2) is 42.8 Å². The number of carbonyl (C=O) groups excluding carboxylic acids is 1. The van der Waals surface area contributed by atoms with Crippen LogP contribution in [0.2, 0.25) is 0 Å². The number of nitrogens with zero attached hydrogens (tertiary/aromatic N) is 1. The molecule has 0 aromatic heterocycles. The highest BCUT2D eigenvalue weighted by Gasteiger charge is 2.44. The summed E-state index contributed by atoms with van der Waals surface area (Å²) in [4.78, 5) is 13.4. The SMILES string of the molecule is C=CCc1ccc(C(=O)N2CCO[C@@H](C(F)(F)F)C2)cc1. The number of allylic oxidation sites excluding steroid dienone is 1. The van der Waals surface area contributed by atoms with Gasteiger partial charge in [-0.05, 0) is 24.1 Å². The second-order valence-corrected chi connectivity index (χ2v) is 4.84. The molecule has 0 bridgehead atoms. The van der Waals surface area contributed by atoms with E-state index in [1.807, 2.05) is 0 Å². The number of alkyl halides is 3. The van der Waals surface area contributed by atoms with Gasteiger partial charge in [-0.2, -0.15) is 13.2 Å². The summed E-state index contributed by atoms with van der Waals surface area (Å²) in [6.07, 6.45) is -3.93. The van der Waals surface area contributed by atoms with Gasteiger partial charge in [0.15, 0.2) is 6.10 Å². The number of amides is 1. The van der Waals surface area contributed by atoms with Crippen molar-refractivity contribution in [3.05, 3.63) is 48.0 Å². The van der Waals surface area contributed by atoms with Crippen LogP contribution in [0.4, 0.5) is 13.2 Å². The van der Waals surface area contributed by atoms with Gasteiger partial charge in [-0.1, -0.05) is 18.2 Å². The molecular formula is C15H16F3NO2. The van der Waals surface area contributed by atoms with Gasteiger partial charge in [0.05, 0.1) is 13.2 Å². The van der Waals surface area contributed by atoms with E-state index in [1.54, 1.807) is 30.3 Å². The van der Waals surface area contributed by atoms with Gasteiger partial charge < -0.3 is 9.64 Å². The number of halogens is 3. The minimum absolute atomic E-state index is 0.107. The second-order valence-electron chi connectivity index (χ2n) is 4.84. The molecule has 114 valence electrons. The Hall–Kier alpha value is -1.82. The first-order valence-corrected chi connectivity index (χ1v) is 6.59. The molecule has 0 saturated carbocycles. The van der Waals surface area contributed by atoms with Crippen molar-refractivity contribution in [3.63, 3.8) is 0 Å². The second kappa shape index (κ2) is 6.30. The molecule has 3 nitrogen and oxygen atoms in total. The molecule has 1 amide bonds. The molecule has 1 saturated heterocycles. The quantitative estimate of drug-likeness (QED) is 0.803. The highest BCUT2D eigenvalue weighted by atomic mass is 19.4. The lowest BCUT2D eigenvalue weighted by atomic mass is 10.1. The topological polar surface area (TPSA) is 29.5 Å². The Morgan fingerprint density at radius 1 is 1.38 bits per heavy atom. The smallest absolute Gasteiger partial charge is 0.365 e. The zero-order valence-electron chi connectivity index (χ0n) is 11.4. The lowest BCUT2D eigenvalue weighted by Gasteiger charge is -2.33. The molecule has 1 heterocycles. The molecular weight excluding hydrogens is 283 g/mol. The summed E-state index contributed by atoms with van der Waals surface area (Å²) >= 11 is 0. The maximum Gasteiger partial charge on any atom is 0.416 e. The fourth-order valence-electron chi connectivity index (χ4n) is 2.16. The molecule has 1 fully saturated rings. The Morgan fingerprint density at radius 2 is 2.05 bits per heavy atom. The highest BCUT2D eigenvalue weighted by Crippen LogP contribution is 2.26. The van der Waals surface area contributed by atoms with Gasteiger partial charge in [0.1, 0.15) is 0 Å². The van der Waals surface area contributed by atoms with Gasteiger partial charge >= 0.3 is 6.18 Å². The molecule has 1 aliphatic rings. The largest absolute Gasteiger partial charge is 0.416 e. The Labute approximate surface area is 121 Å². The number of carbonyl (C=O) groups is 1. The van der Waals surface area contributed by atoms with Crippen LogP contribution in [0.1, 0.15) is 15.9 Å². The van der Waals surface area contributed by atoms with Gasteiger partial charge in [-0.3, -0.25) is 4.79 Å². The average molecular weight is 299 g/mol. The monoisotopic (exact) mass is 299 g/mol. The van der Waals surface area contributed by atoms with Crippen LogP contribution in [0.5, 0.6) is 0 Å². The van der Waals surface area contributed by atoms with E-state index in [4.69, 9.17) is 0 Å². The molecule has 0 aliphatic carbocycles. The Balaban J connectivity index is 2.06. The van der Waals surface area contributed by atoms with Crippen molar-refractivity contribution in [1.29, 1.82) is 0 Å². The zero-order valence-corrected chi connectivity index (χ0v) is 11.4.